The minimum atomic E-state index is 0. The van der Waals surface area contributed by atoms with Crippen molar-refractivity contribution in [2.45, 2.75) is 65.1 Å². The summed E-state index contributed by atoms with van der Waals surface area (Å²) in [5.41, 5.74) is 7.71. The van der Waals surface area contributed by atoms with Gasteiger partial charge in [-0.05, 0) is 111 Å². The van der Waals surface area contributed by atoms with E-state index in [1.165, 1.54) is 40.7 Å². The van der Waals surface area contributed by atoms with Gasteiger partial charge in [0.25, 0.3) is 0 Å². The summed E-state index contributed by atoms with van der Waals surface area (Å²) in [6.45, 7) is 8.40. The number of Topliss-reactive ketones (excluding diaryl/α,β-unsaturated/α-hetero) is 1. The zero-order valence-corrected chi connectivity index (χ0v) is 25.3. The van der Waals surface area contributed by atoms with Gasteiger partial charge < -0.3 is 0 Å². The molecule has 0 atom stereocenters. The van der Waals surface area contributed by atoms with Gasteiger partial charge in [-0.25, -0.2) is 0 Å². The monoisotopic (exact) mass is 586 g/mol. The zero-order valence-electron chi connectivity index (χ0n) is 22.9. The molecule has 2 aliphatic rings. The molecule has 3 aromatic carbocycles. The Morgan fingerprint density at radius 3 is 2.36 bits per heavy atom. The van der Waals surface area contributed by atoms with Gasteiger partial charge in [0.2, 0.25) is 0 Å². The van der Waals surface area contributed by atoms with Crippen LogP contribution in [-0.2, 0) is 26.1 Å². The van der Waals surface area contributed by atoms with Crippen molar-refractivity contribution in [3.05, 3.63) is 105 Å². The van der Waals surface area contributed by atoms with Crippen molar-refractivity contribution in [3.63, 3.8) is 0 Å². The van der Waals surface area contributed by atoms with E-state index >= 15 is 0 Å². The minimum Gasteiger partial charge on any atom is -0.299 e. The van der Waals surface area contributed by atoms with E-state index in [4.69, 9.17) is 11.6 Å². The van der Waals surface area contributed by atoms with E-state index in [1.807, 2.05) is 12.1 Å². The van der Waals surface area contributed by atoms with Crippen molar-refractivity contribution < 1.29 is 4.79 Å². The fraction of sp³-hybridized carbons (Fsp3) is 0.424. The summed E-state index contributed by atoms with van der Waals surface area (Å²) < 4.78 is 0. The van der Waals surface area contributed by atoms with Crippen molar-refractivity contribution in [1.82, 2.24) is 9.80 Å². The normalized spacial score (nSPS) is 16.5. The molecule has 6 heteroatoms. The molecule has 0 N–H and O–H groups in total. The Morgan fingerprint density at radius 2 is 1.62 bits per heavy atom. The number of likely N-dealkylation sites (tertiary alicyclic amines) is 1. The Bertz CT molecular complexity index is 1210. The highest BCUT2D eigenvalue weighted by Gasteiger charge is 2.22. The summed E-state index contributed by atoms with van der Waals surface area (Å²) in [4.78, 5) is 18.2. The van der Waals surface area contributed by atoms with Gasteiger partial charge >= 0.3 is 0 Å². The summed E-state index contributed by atoms with van der Waals surface area (Å²) in [6, 6.07) is 23.3. The third-order valence-corrected chi connectivity index (χ3v) is 8.56. The van der Waals surface area contributed by atoms with E-state index in [9.17, 15) is 4.79 Å². The standard InChI is InChI=1S/C33H39ClN2O.2ClH/c1-25-5-2-3-6-30(25)23-35-19-16-26(17-20-35)10-15-33(37)29-12-11-28-7-4-18-36(24-31(28)21-29)22-27-8-13-32(34)14-9-27;;/h2-3,5-6,8-9,11-14,21,26H,4,7,10,15-20,22-24H2,1H3;2*1H. The number of fused-ring (bicyclic) bond motifs is 1. The maximum absolute atomic E-state index is 13.2. The smallest absolute Gasteiger partial charge is 0.162 e. The quantitative estimate of drug-likeness (QED) is 0.248. The second-order valence-electron chi connectivity index (χ2n) is 11.0. The molecule has 210 valence electrons. The zero-order chi connectivity index (χ0) is 25.6. The van der Waals surface area contributed by atoms with Crippen molar-refractivity contribution >= 4 is 42.2 Å². The van der Waals surface area contributed by atoms with Crippen LogP contribution in [-0.4, -0.2) is 35.2 Å². The summed E-state index contributed by atoms with van der Waals surface area (Å²) in [5.74, 6) is 0.964. The first-order chi connectivity index (χ1) is 18.0. The van der Waals surface area contributed by atoms with Crippen LogP contribution in [0.3, 0.4) is 0 Å². The molecule has 0 saturated carbocycles. The lowest BCUT2D eigenvalue weighted by molar-refractivity contribution is 0.0961. The fourth-order valence-electron chi connectivity index (χ4n) is 5.93. The van der Waals surface area contributed by atoms with Crippen LogP contribution in [0.15, 0.2) is 66.7 Å². The molecule has 39 heavy (non-hydrogen) atoms. The van der Waals surface area contributed by atoms with Gasteiger partial charge in [-0.15, -0.1) is 24.8 Å². The highest BCUT2D eigenvalue weighted by Crippen LogP contribution is 2.26. The van der Waals surface area contributed by atoms with Crippen LogP contribution in [0.4, 0.5) is 0 Å². The average molecular weight is 588 g/mol. The lowest BCUT2D eigenvalue weighted by Crippen LogP contribution is -2.33. The largest absolute Gasteiger partial charge is 0.299 e. The highest BCUT2D eigenvalue weighted by atomic mass is 35.5. The van der Waals surface area contributed by atoms with E-state index in [2.05, 4.69) is 71.3 Å². The summed E-state index contributed by atoms with van der Waals surface area (Å²) in [7, 11) is 0. The number of benzene rings is 3. The predicted octanol–water partition coefficient (Wildman–Crippen LogP) is 8.32. The summed E-state index contributed by atoms with van der Waals surface area (Å²) in [5, 5.41) is 0.779. The van der Waals surface area contributed by atoms with Crippen LogP contribution in [0, 0.1) is 12.8 Å². The second kappa shape index (κ2) is 15.2. The van der Waals surface area contributed by atoms with Gasteiger partial charge in [-0.2, -0.15) is 0 Å². The van der Waals surface area contributed by atoms with E-state index in [-0.39, 0.29) is 24.8 Å². The number of nitrogens with zero attached hydrogens (tertiary/aromatic N) is 2. The first kappa shape index (κ1) is 31.6. The minimum absolute atomic E-state index is 0. The molecule has 0 aliphatic carbocycles. The van der Waals surface area contributed by atoms with Crippen LogP contribution in [0.2, 0.25) is 5.02 Å². The van der Waals surface area contributed by atoms with Crippen LogP contribution >= 0.6 is 36.4 Å². The third-order valence-electron chi connectivity index (χ3n) is 8.30. The molecule has 0 amide bonds. The molecular formula is C33H41Cl3N2O. The molecule has 5 rings (SSSR count). The number of ketones is 1. The van der Waals surface area contributed by atoms with Gasteiger partial charge in [-0.1, -0.05) is 60.1 Å². The number of rotatable bonds is 8. The molecule has 0 unspecified atom stereocenters. The maximum atomic E-state index is 13.2. The number of halogens is 3. The molecule has 0 spiro atoms. The van der Waals surface area contributed by atoms with Crippen molar-refractivity contribution in [2.24, 2.45) is 5.92 Å². The van der Waals surface area contributed by atoms with E-state index < -0.39 is 0 Å². The molecule has 2 heterocycles. The van der Waals surface area contributed by atoms with Gasteiger partial charge in [0.1, 0.15) is 0 Å². The molecule has 3 aromatic rings. The Labute approximate surface area is 251 Å². The Balaban J connectivity index is 0.00000210. The number of carbonyl (C=O) groups excluding carboxylic acids is 1. The molecule has 2 aliphatic heterocycles. The lowest BCUT2D eigenvalue weighted by atomic mass is 9.89. The van der Waals surface area contributed by atoms with Gasteiger partial charge in [-0.3, -0.25) is 14.6 Å². The van der Waals surface area contributed by atoms with E-state index in [0.29, 0.717) is 18.1 Å². The summed E-state index contributed by atoms with van der Waals surface area (Å²) in [6.07, 6.45) is 6.30. The molecule has 0 aromatic heterocycles. The van der Waals surface area contributed by atoms with Crippen LogP contribution in [0.25, 0.3) is 0 Å². The first-order valence-electron chi connectivity index (χ1n) is 13.9. The topological polar surface area (TPSA) is 23.6 Å². The fourth-order valence-corrected chi connectivity index (χ4v) is 6.05. The molecule has 3 nitrogen and oxygen atoms in total. The number of hydrogen-bond donors (Lipinski definition) is 0. The highest BCUT2D eigenvalue weighted by molar-refractivity contribution is 6.30. The SMILES string of the molecule is Cc1ccccc1CN1CCC(CCC(=O)c2ccc3c(c2)CN(Cc2ccc(Cl)cc2)CCC3)CC1.Cl.Cl. The lowest BCUT2D eigenvalue weighted by Gasteiger charge is -2.32. The molecular weight excluding hydrogens is 547 g/mol. The van der Waals surface area contributed by atoms with Crippen LogP contribution in [0.1, 0.15) is 70.3 Å². The number of carbonyl (C=O) groups is 1. The number of hydrogen-bond acceptors (Lipinski definition) is 3. The third kappa shape index (κ3) is 8.80. The average Bonchev–Trinajstić information content (AvgIpc) is 3.12. The van der Waals surface area contributed by atoms with Gasteiger partial charge in [0.15, 0.2) is 5.78 Å². The predicted molar refractivity (Wildman–Crippen MR) is 168 cm³/mol. The Kier molecular flexibility index (Phi) is 12.3. The second-order valence-corrected chi connectivity index (χ2v) is 11.5. The molecule has 0 radical (unpaired) electrons. The maximum Gasteiger partial charge on any atom is 0.162 e. The Morgan fingerprint density at radius 1 is 0.872 bits per heavy atom. The van der Waals surface area contributed by atoms with Crippen LogP contribution < -0.4 is 0 Å². The summed E-state index contributed by atoms with van der Waals surface area (Å²) >= 11 is 6.06. The van der Waals surface area contributed by atoms with Crippen molar-refractivity contribution in [3.8, 4) is 0 Å². The van der Waals surface area contributed by atoms with Crippen molar-refractivity contribution in [1.29, 1.82) is 0 Å². The molecule has 0 bridgehead atoms. The van der Waals surface area contributed by atoms with E-state index in [0.717, 1.165) is 69.1 Å². The van der Waals surface area contributed by atoms with Crippen molar-refractivity contribution in [2.75, 3.05) is 19.6 Å². The molecule has 1 saturated heterocycles. The van der Waals surface area contributed by atoms with E-state index in [1.54, 1.807) is 0 Å². The number of piperidine rings is 1. The van der Waals surface area contributed by atoms with Gasteiger partial charge in [0, 0.05) is 36.6 Å². The first-order valence-corrected chi connectivity index (χ1v) is 14.3. The van der Waals surface area contributed by atoms with Gasteiger partial charge in [0.05, 0.1) is 0 Å². The number of aryl methyl sites for hydroxylation is 2. The molecule has 1 fully saturated rings. The Hall–Kier alpha value is -1.88. The van der Waals surface area contributed by atoms with Crippen LogP contribution in [0.5, 0.6) is 0 Å².